The van der Waals surface area contributed by atoms with Crippen molar-refractivity contribution in [2.45, 2.75) is 39.2 Å². The maximum Gasteiger partial charge on any atom is 0.169 e. The molecule has 2 nitrogen and oxygen atoms in total. The maximum atomic E-state index is 5.43. The van der Waals surface area contributed by atoms with Crippen molar-refractivity contribution >= 4 is 17.3 Å². The lowest BCUT2D eigenvalue weighted by Crippen LogP contribution is -2.41. The molecule has 1 atom stereocenters. The average molecular weight is 262 g/mol. The van der Waals surface area contributed by atoms with Crippen LogP contribution in [0.1, 0.15) is 37.3 Å². The molecule has 0 spiro atoms. The van der Waals surface area contributed by atoms with E-state index in [1.165, 1.54) is 17.5 Å². The summed E-state index contributed by atoms with van der Waals surface area (Å²) >= 11 is 5.43. The Kier molecular flexibility index (Phi) is 4.23. The lowest BCUT2D eigenvalue weighted by atomic mass is 9.98. The molecule has 0 unspecified atom stereocenters. The molecule has 1 N–H and O–H groups in total. The molecule has 2 rings (SSSR count). The Bertz CT molecular complexity index is 411. The summed E-state index contributed by atoms with van der Waals surface area (Å²) in [6.45, 7) is 8.49. The molecule has 1 aliphatic heterocycles. The second-order valence-corrected chi connectivity index (χ2v) is 5.83. The summed E-state index contributed by atoms with van der Waals surface area (Å²) in [6.07, 6.45) is 1.20. The number of hydrogen-bond donors (Lipinski definition) is 1. The average Bonchev–Trinajstić information content (AvgIpc) is 2.78. The molecule has 0 radical (unpaired) electrons. The number of benzene rings is 1. The number of likely N-dealkylation sites (tertiary alicyclic amines) is 1. The van der Waals surface area contributed by atoms with E-state index in [1.807, 2.05) is 0 Å². The number of nitrogens with zero attached hydrogens (tertiary/aromatic N) is 1. The predicted molar refractivity (Wildman–Crippen MR) is 81.0 cm³/mol. The minimum atomic E-state index is 0.413. The van der Waals surface area contributed by atoms with Crippen LogP contribution < -0.4 is 5.32 Å². The monoisotopic (exact) mass is 262 g/mol. The first kappa shape index (κ1) is 13.3. The van der Waals surface area contributed by atoms with Crippen LogP contribution in [-0.4, -0.2) is 29.1 Å². The maximum absolute atomic E-state index is 5.43. The highest BCUT2D eigenvalue weighted by atomic mass is 32.1. The van der Waals surface area contributed by atoms with Crippen LogP contribution in [-0.2, 0) is 0 Å². The molecule has 0 aliphatic carbocycles. The molecule has 0 bridgehead atoms. The fraction of sp³-hybridized carbons (Fsp3) is 0.533. The van der Waals surface area contributed by atoms with E-state index in [-0.39, 0.29) is 0 Å². The van der Waals surface area contributed by atoms with Crippen LogP contribution in [0, 0.1) is 6.92 Å². The Morgan fingerprint density at radius 1 is 1.33 bits per heavy atom. The number of rotatable bonds is 2. The SMILES string of the molecule is Cc1ccc([C@@H]2CCN(C(=S)NC(C)C)C2)cc1. The van der Waals surface area contributed by atoms with E-state index < -0.39 is 0 Å². The number of nitrogens with one attached hydrogen (secondary N) is 1. The molecule has 1 aromatic carbocycles. The first-order chi connectivity index (χ1) is 8.56. The van der Waals surface area contributed by atoms with Gasteiger partial charge in [0.25, 0.3) is 0 Å². The second kappa shape index (κ2) is 5.70. The van der Waals surface area contributed by atoms with E-state index >= 15 is 0 Å². The number of hydrogen-bond acceptors (Lipinski definition) is 1. The summed E-state index contributed by atoms with van der Waals surface area (Å²) in [5.74, 6) is 0.623. The largest absolute Gasteiger partial charge is 0.360 e. The molecule has 0 aromatic heterocycles. The van der Waals surface area contributed by atoms with Gasteiger partial charge in [0.1, 0.15) is 0 Å². The van der Waals surface area contributed by atoms with Crippen molar-refractivity contribution in [2.75, 3.05) is 13.1 Å². The molecule has 0 amide bonds. The zero-order valence-corrected chi connectivity index (χ0v) is 12.3. The molecule has 3 heteroatoms. The summed E-state index contributed by atoms with van der Waals surface area (Å²) in [6, 6.07) is 9.31. The molecule has 98 valence electrons. The minimum absolute atomic E-state index is 0.413. The standard InChI is InChI=1S/C15H22N2S/c1-11(2)16-15(18)17-9-8-14(10-17)13-6-4-12(3)5-7-13/h4-7,11,14H,8-10H2,1-3H3,(H,16,18)/t14-/m1/s1. The molecule has 1 saturated heterocycles. The highest BCUT2D eigenvalue weighted by Gasteiger charge is 2.25. The lowest BCUT2D eigenvalue weighted by molar-refractivity contribution is 0.489. The normalized spacial score (nSPS) is 19.3. The molecule has 1 fully saturated rings. The van der Waals surface area contributed by atoms with Crippen molar-refractivity contribution < 1.29 is 0 Å². The molecular formula is C15H22N2S. The van der Waals surface area contributed by atoms with Gasteiger partial charge in [0, 0.05) is 25.0 Å². The first-order valence-electron chi connectivity index (χ1n) is 6.68. The van der Waals surface area contributed by atoms with Crippen LogP contribution in [0.5, 0.6) is 0 Å². The second-order valence-electron chi connectivity index (χ2n) is 5.45. The van der Waals surface area contributed by atoms with Crippen molar-refractivity contribution in [1.82, 2.24) is 10.2 Å². The highest BCUT2D eigenvalue weighted by Crippen LogP contribution is 2.27. The van der Waals surface area contributed by atoms with Gasteiger partial charge in [-0.05, 0) is 45.0 Å². The Morgan fingerprint density at radius 2 is 2.00 bits per heavy atom. The van der Waals surface area contributed by atoms with Gasteiger partial charge in [-0.3, -0.25) is 0 Å². The van der Waals surface area contributed by atoms with Gasteiger partial charge in [0.05, 0.1) is 0 Å². The molecular weight excluding hydrogens is 240 g/mol. The van der Waals surface area contributed by atoms with Crippen LogP contribution >= 0.6 is 12.2 Å². The quantitative estimate of drug-likeness (QED) is 0.825. The van der Waals surface area contributed by atoms with Gasteiger partial charge >= 0.3 is 0 Å². The Balaban J connectivity index is 1.96. The predicted octanol–water partition coefficient (Wildman–Crippen LogP) is 3.07. The Labute approximate surface area is 115 Å². The van der Waals surface area contributed by atoms with Crippen LogP contribution in [0.25, 0.3) is 0 Å². The van der Waals surface area contributed by atoms with Crippen LogP contribution in [0.15, 0.2) is 24.3 Å². The smallest absolute Gasteiger partial charge is 0.169 e. The highest BCUT2D eigenvalue weighted by molar-refractivity contribution is 7.80. The molecule has 1 aromatic rings. The van der Waals surface area contributed by atoms with E-state index in [0.717, 1.165) is 18.2 Å². The molecule has 1 heterocycles. The minimum Gasteiger partial charge on any atom is -0.360 e. The molecule has 0 saturated carbocycles. The van der Waals surface area contributed by atoms with Crippen molar-refractivity contribution in [2.24, 2.45) is 0 Å². The van der Waals surface area contributed by atoms with Crippen molar-refractivity contribution in [3.05, 3.63) is 35.4 Å². The van der Waals surface area contributed by atoms with Crippen molar-refractivity contribution in [1.29, 1.82) is 0 Å². The van der Waals surface area contributed by atoms with Gasteiger partial charge in [-0.15, -0.1) is 0 Å². The Hall–Kier alpha value is -1.09. The zero-order chi connectivity index (χ0) is 13.1. The summed E-state index contributed by atoms with van der Waals surface area (Å²) in [4.78, 5) is 2.29. The van der Waals surface area contributed by atoms with Crippen molar-refractivity contribution in [3.8, 4) is 0 Å². The van der Waals surface area contributed by atoms with E-state index in [0.29, 0.717) is 12.0 Å². The molecule has 1 aliphatic rings. The van der Waals surface area contributed by atoms with Crippen molar-refractivity contribution in [3.63, 3.8) is 0 Å². The first-order valence-corrected chi connectivity index (χ1v) is 7.09. The van der Waals surface area contributed by atoms with E-state index in [4.69, 9.17) is 12.2 Å². The third-order valence-electron chi connectivity index (χ3n) is 3.44. The zero-order valence-electron chi connectivity index (χ0n) is 11.4. The summed E-state index contributed by atoms with van der Waals surface area (Å²) in [5, 5.41) is 4.23. The van der Waals surface area contributed by atoms with Gasteiger partial charge in [0.15, 0.2) is 5.11 Å². The van der Waals surface area contributed by atoms with Crippen LogP contribution in [0.3, 0.4) is 0 Å². The van der Waals surface area contributed by atoms with Crippen LogP contribution in [0.2, 0.25) is 0 Å². The van der Waals surface area contributed by atoms with Gasteiger partial charge in [-0.1, -0.05) is 29.8 Å². The van der Waals surface area contributed by atoms with Crippen LogP contribution in [0.4, 0.5) is 0 Å². The van der Waals surface area contributed by atoms with Gasteiger partial charge in [0.2, 0.25) is 0 Å². The van der Waals surface area contributed by atoms with Gasteiger partial charge in [-0.2, -0.15) is 0 Å². The van der Waals surface area contributed by atoms with E-state index in [9.17, 15) is 0 Å². The fourth-order valence-corrected chi connectivity index (χ4v) is 2.80. The topological polar surface area (TPSA) is 15.3 Å². The number of thiocarbonyl (C=S) groups is 1. The summed E-state index contributed by atoms with van der Waals surface area (Å²) in [7, 11) is 0. The fourth-order valence-electron chi connectivity index (χ4n) is 2.39. The Morgan fingerprint density at radius 3 is 2.61 bits per heavy atom. The summed E-state index contributed by atoms with van der Waals surface area (Å²) < 4.78 is 0. The summed E-state index contributed by atoms with van der Waals surface area (Å²) in [5.41, 5.74) is 2.76. The third-order valence-corrected chi connectivity index (χ3v) is 3.81. The lowest BCUT2D eigenvalue weighted by Gasteiger charge is -2.22. The van der Waals surface area contributed by atoms with E-state index in [2.05, 4.69) is 55.3 Å². The van der Waals surface area contributed by atoms with E-state index in [1.54, 1.807) is 0 Å². The third kappa shape index (κ3) is 3.22. The van der Waals surface area contributed by atoms with Gasteiger partial charge < -0.3 is 10.2 Å². The number of aryl methyl sites for hydroxylation is 1. The molecule has 18 heavy (non-hydrogen) atoms. The van der Waals surface area contributed by atoms with Gasteiger partial charge in [-0.25, -0.2) is 0 Å².